The molecule has 1 aromatic heterocycles. The Balaban J connectivity index is 1.29. The summed E-state index contributed by atoms with van der Waals surface area (Å²) in [5, 5.41) is 2.73. The Bertz CT molecular complexity index is 1460. The van der Waals surface area contributed by atoms with Crippen LogP contribution in [0.25, 0.3) is 0 Å². The summed E-state index contributed by atoms with van der Waals surface area (Å²) >= 11 is 0. The van der Waals surface area contributed by atoms with Crippen LogP contribution in [-0.4, -0.2) is 23.3 Å². The fourth-order valence-electron chi connectivity index (χ4n) is 4.90. The van der Waals surface area contributed by atoms with Crippen molar-refractivity contribution in [3.05, 3.63) is 125 Å². The standard InChI is InChI=1S/C32H31FN2O4/c1-21(2)32(37)35-16-15-23-11-12-26(18-28(23)30(35)24-8-4-3-5-9-24)38-20-27-13-14-29(39-27)31(36)34-19-22-7-6-10-25(33)17-22/h3-14,17-18,21,30H,15-16,19-20H2,1-2H3,(H,34,36). The summed E-state index contributed by atoms with van der Waals surface area (Å²) in [7, 11) is 0. The molecule has 39 heavy (non-hydrogen) atoms. The summed E-state index contributed by atoms with van der Waals surface area (Å²) in [6.07, 6.45) is 0.781. The number of ether oxygens (including phenoxy) is 1. The Kier molecular flexibility index (Phi) is 7.77. The fourth-order valence-corrected chi connectivity index (χ4v) is 4.90. The number of hydrogen-bond acceptors (Lipinski definition) is 4. The van der Waals surface area contributed by atoms with Crippen LogP contribution in [0.3, 0.4) is 0 Å². The number of fused-ring (bicyclic) bond motifs is 1. The van der Waals surface area contributed by atoms with Crippen LogP contribution in [0.4, 0.5) is 4.39 Å². The monoisotopic (exact) mass is 526 g/mol. The lowest BCUT2D eigenvalue weighted by molar-refractivity contribution is -0.136. The molecule has 3 aromatic carbocycles. The van der Waals surface area contributed by atoms with Crippen LogP contribution in [0.5, 0.6) is 5.75 Å². The third-order valence-corrected chi connectivity index (χ3v) is 6.85. The van der Waals surface area contributed by atoms with Gasteiger partial charge in [0.15, 0.2) is 5.76 Å². The molecule has 7 heteroatoms. The van der Waals surface area contributed by atoms with E-state index in [1.165, 1.54) is 17.7 Å². The molecule has 1 unspecified atom stereocenters. The Hall–Kier alpha value is -4.39. The number of furan rings is 1. The zero-order chi connectivity index (χ0) is 27.4. The van der Waals surface area contributed by atoms with Crippen molar-refractivity contribution in [1.29, 1.82) is 0 Å². The van der Waals surface area contributed by atoms with Gasteiger partial charge in [0.2, 0.25) is 5.91 Å². The van der Waals surface area contributed by atoms with E-state index in [0.717, 1.165) is 17.5 Å². The van der Waals surface area contributed by atoms with E-state index in [9.17, 15) is 14.0 Å². The van der Waals surface area contributed by atoms with E-state index in [0.29, 0.717) is 23.6 Å². The minimum atomic E-state index is -0.389. The lowest BCUT2D eigenvalue weighted by Crippen LogP contribution is -2.42. The highest BCUT2D eigenvalue weighted by Crippen LogP contribution is 2.38. The first-order valence-corrected chi connectivity index (χ1v) is 13.1. The molecule has 0 radical (unpaired) electrons. The Morgan fingerprint density at radius 1 is 1.03 bits per heavy atom. The summed E-state index contributed by atoms with van der Waals surface area (Å²) in [4.78, 5) is 27.6. The molecular formula is C32H31FN2O4. The number of amides is 2. The predicted molar refractivity (Wildman–Crippen MR) is 146 cm³/mol. The highest BCUT2D eigenvalue weighted by molar-refractivity contribution is 5.91. The van der Waals surface area contributed by atoms with Crippen molar-refractivity contribution in [1.82, 2.24) is 10.2 Å². The molecule has 0 spiro atoms. The number of benzene rings is 3. The van der Waals surface area contributed by atoms with Crippen molar-refractivity contribution in [3.63, 3.8) is 0 Å². The molecule has 0 saturated heterocycles. The van der Waals surface area contributed by atoms with E-state index in [4.69, 9.17) is 9.15 Å². The third-order valence-electron chi connectivity index (χ3n) is 6.85. The molecule has 6 nitrogen and oxygen atoms in total. The maximum Gasteiger partial charge on any atom is 0.287 e. The molecule has 1 atom stereocenters. The third kappa shape index (κ3) is 6.03. The second kappa shape index (κ2) is 11.6. The lowest BCUT2D eigenvalue weighted by atomic mass is 9.87. The van der Waals surface area contributed by atoms with Gasteiger partial charge in [-0.2, -0.15) is 0 Å². The number of rotatable bonds is 8. The SMILES string of the molecule is CC(C)C(=O)N1CCc2ccc(OCc3ccc(C(=O)NCc4cccc(F)c4)o3)cc2C1c1ccccc1. The lowest BCUT2D eigenvalue weighted by Gasteiger charge is -2.39. The zero-order valence-corrected chi connectivity index (χ0v) is 22.0. The van der Waals surface area contributed by atoms with Crippen molar-refractivity contribution in [2.45, 2.75) is 39.5 Å². The van der Waals surface area contributed by atoms with Crippen LogP contribution < -0.4 is 10.1 Å². The first-order chi connectivity index (χ1) is 18.9. The van der Waals surface area contributed by atoms with E-state index < -0.39 is 0 Å². The van der Waals surface area contributed by atoms with Gasteiger partial charge in [-0.25, -0.2) is 4.39 Å². The van der Waals surface area contributed by atoms with Gasteiger partial charge in [0.05, 0.1) is 6.04 Å². The second-order valence-electron chi connectivity index (χ2n) is 9.98. The molecule has 5 rings (SSSR count). The Morgan fingerprint density at radius 3 is 2.62 bits per heavy atom. The van der Waals surface area contributed by atoms with Crippen LogP contribution in [-0.2, 0) is 24.4 Å². The summed E-state index contributed by atoms with van der Waals surface area (Å²) in [6.45, 7) is 4.86. The molecule has 0 aliphatic carbocycles. The van der Waals surface area contributed by atoms with Gasteiger partial charge < -0.3 is 19.4 Å². The molecule has 1 N–H and O–H groups in total. The van der Waals surface area contributed by atoms with Crippen molar-refractivity contribution in [3.8, 4) is 5.75 Å². The molecule has 200 valence electrons. The van der Waals surface area contributed by atoms with Gasteiger partial charge in [0.25, 0.3) is 5.91 Å². The highest BCUT2D eigenvalue weighted by atomic mass is 19.1. The molecule has 2 amide bonds. The van der Waals surface area contributed by atoms with Crippen LogP contribution in [0.2, 0.25) is 0 Å². The maximum atomic E-state index is 13.4. The van der Waals surface area contributed by atoms with Crippen molar-refractivity contribution < 1.29 is 23.1 Å². The number of carbonyl (C=O) groups excluding carboxylic acids is 2. The maximum absolute atomic E-state index is 13.4. The summed E-state index contributed by atoms with van der Waals surface area (Å²) in [6, 6.07) is 25.2. The van der Waals surface area contributed by atoms with Gasteiger partial charge in [-0.3, -0.25) is 9.59 Å². The van der Waals surface area contributed by atoms with Crippen LogP contribution in [0, 0.1) is 11.7 Å². The van der Waals surface area contributed by atoms with E-state index in [-0.39, 0.29) is 48.5 Å². The first kappa shape index (κ1) is 26.2. The average molecular weight is 527 g/mol. The van der Waals surface area contributed by atoms with Gasteiger partial charge >= 0.3 is 0 Å². The Morgan fingerprint density at radius 2 is 1.85 bits per heavy atom. The number of halogens is 1. The highest BCUT2D eigenvalue weighted by Gasteiger charge is 2.33. The van der Waals surface area contributed by atoms with Crippen LogP contribution in [0.1, 0.15) is 58.5 Å². The van der Waals surface area contributed by atoms with Crippen LogP contribution in [0.15, 0.2) is 89.3 Å². The quantitative estimate of drug-likeness (QED) is 0.303. The predicted octanol–water partition coefficient (Wildman–Crippen LogP) is 6.06. The van der Waals surface area contributed by atoms with Crippen LogP contribution >= 0.6 is 0 Å². The number of hydrogen-bond donors (Lipinski definition) is 1. The van der Waals surface area contributed by atoms with Gasteiger partial charge in [-0.05, 0) is 65.1 Å². The van der Waals surface area contributed by atoms with E-state index in [2.05, 4.69) is 23.5 Å². The van der Waals surface area contributed by atoms with E-state index in [1.807, 2.05) is 49.1 Å². The van der Waals surface area contributed by atoms with Gasteiger partial charge in [-0.15, -0.1) is 0 Å². The Labute approximate surface area is 227 Å². The normalized spacial score (nSPS) is 14.7. The molecule has 2 heterocycles. The minimum absolute atomic E-state index is 0.101. The summed E-state index contributed by atoms with van der Waals surface area (Å²) in [5.41, 5.74) is 3.97. The molecular weight excluding hydrogens is 495 g/mol. The minimum Gasteiger partial charge on any atom is -0.486 e. The second-order valence-corrected chi connectivity index (χ2v) is 9.98. The number of carbonyl (C=O) groups is 2. The zero-order valence-electron chi connectivity index (χ0n) is 22.0. The molecule has 1 aliphatic heterocycles. The summed E-state index contributed by atoms with van der Waals surface area (Å²) < 4.78 is 25.1. The average Bonchev–Trinajstić information content (AvgIpc) is 3.43. The first-order valence-electron chi connectivity index (χ1n) is 13.1. The fraction of sp³-hybridized carbons (Fsp3) is 0.250. The van der Waals surface area contributed by atoms with Crippen molar-refractivity contribution in [2.75, 3.05) is 6.54 Å². The molecule has 0 bridgehead atoms. The van der Waals surface area contributed by atoms with E-state index >= 15 is 0 Å². The van der Waals surface area contributed by atoms with Gasteiger partial charge in [-0.1, -0.05) is 62.4 Å². The van der Waals surface area contributed by atoms with Gasteiger partial charge in [0.1, 0.15) is 23.9 Å². The summed E-state index contributed by atoms with van der Waals surface area (Å²) in [5.74, 6) is 0.593. The molecule has 1 aliphatic rings. The molecule has 0 saturated carbocycles. The molecule has 0 fully saturated rings. The van der Waals surface area contributed by atoms with E-state index in [1.54, 1.807) is 24.3 Å². The molecule has 4 aromatic rings. The largest absolute Gasteiger partial charge is 0.486 e. The number of nitrogens with one attached hydrogen (secondary N) is 1. The number of nitrogens with zero attached hydrogens (tertiary/aromatic N) is 1. The van der Waals surface area contributed by atoms with Gasteiger partial charge in [0, 0.05) is 19.0 Å². The topological polar surface area (TPSA) is 71.8 Å². The van der Waals surface area contributed by atoms with Crippen molar-refractivity contribution >= 4 is 11.8 Å². The smallest absolute Gasteiger partial charge is 0.287 e. The van der Waals surface area contributed by atoms with Crippen molar-refractivity contribution in [2.24, 2.45) is 5.92 Å².